The molecule has 0 aliphatic rings. The maximum atomic E-state index is 11.7. The molecule has 0 spiro atoms. The number of amides is 2. The van der Waals surface area contributed by atoms with Crippen LogP contribution in [0.15, 0.2) is 18.2 Å². The summed E-state index contributed by atoms with van der Waals surface area (Å²) in [5.41, 5.74) is 5.55. The first-order valence-corrected chi connectivity index (χ1v) is 6.63. The van der Waals surface area contributed by atoms with Crippen molar-refractivity contribution in [1.82, 2.24) is 5.32 Å². The fourth-order valence-corrected chi connectivity index (χ4v) is 1.66. The van der Waals surface area contributed by atoms with Crippen LogP contribution in [0.3, 0.4) is 0 Å². The van der Waals surface area contributed by atoms with Gasteiger partial charge in [-0.05, 0) is 12.1 Å². The Morgan fingerprint density at radius 2 is 2.00 bits per heavy atom. The van der Waals surface area contributed by atoms with Gasteiger partial charge in [-0.25, -0.2) is 0 Å². The van der Waals surface area contributed by atoms with Crippen LogP contribution in [0.1, 0.15) is 0 Å². The van der Waals surface area contributed by atoms with E-state index in [1.54, 1.807) is 25.3 Å². The number of hydrogen-bond acceptors (Lipinski definition) is 5. The summed E-state index contributed by atoms with van der Waals surface area (Å²) in [6.45, 7) is 0.341. The van der Waals surface area contributed by atoms with Crippen molar-refractivity contribution < 1.29 is 19.1 Å². The van der Waals surface area contributed by atoms with Gasteiger partial charge < -0.3 is 25.8 Å². The van der Waals surface area contributed by atoms with Crippen LogP contribution in [0.5, 0.6) is 5.75 Å². The molecule has 7 nitrogen and oxygen atoms in total. The second-order valence-electron chi connectivity index (χ2n) is 3.99. The van der Waals surface area contributed by atoms with Gasteiger partial charge >= 0.3 is 0 Å². The monoisotopic (exact) mass is 351 g/mol. The van der Waals surface area contributed by atoms with Gasteiger partial charge in [-0.3, -0.25) is 9.59 Å². The summed E-state index contributed by atoms with van der Waals surface area (Å²) in [7, 11) is 1.55. The molecule has 0 aliphatic carbocycles. The second kappa shape index (κ2) is 11.1. The molecule has 0 saturated carbocycles. The van der Waals surface area contributed by atoms with Crippen LogP contribution >= 0.6 is 24.0 Å². The maximum absolute atomic E-state index is 11.7. The molecule has 22 heavy (non-hydrogen) atoms. The zero-order valence-electron chi connectivity index (χ0n) is 12.1. The molecule has 0 heterocycles. The highest BCUT2D eigenvalue weighted by Gasteiger charge is 2.12. The van der Waals surface area contributed by atoms with Crippen LogP contribution in [0.2, 0.25) is 5.02 Å². The summed E-state index contributed by atoms with van der Waals surface area (Å²) >= 11 is 6.04. The number of nitrogens with one attached hydrogen (secondary N) is 2. The summed E-state index contributed by atoms with van der Waals surface area (Å²) < 4.78 is 10.4. The molecule has 0 fully saturated rings. The number of carbonyl (C=O) groups is 2. The first kappa shape index (κ1) is 20.5. The van der Waals surface area contributed by atoms with Crippen molar-refractivity contribution in [3.8, 4) is 5.75 Å². The zero-order valence-corrected chi connectivity index (χ0v) is 13.6. The third-order valence-electron chi connectivity index (χ3n) is 2.41. The Morgan fingerprint density at radius 3 is 2.64 bits per heavy atom. The molecule has 0 aliphatic heterocycles. The summed E-state index contributed by atoms with van der Waals surface area (Å²) in [5.74, 6) is -0.460. The fourth-order valence-electron chi connectivity index (χ4n) is 1.43. The van der Waals surface area contributed by atoms with Crippen molar-refractivity contribution in [1.29, 1.82) is 0 Å². The summed E-state index contributed by atoms with van der Waals surface area (Å²) in [6, 6.07) is 4.98. The molecular formula is C13H19Cl2N3O4. The predicted octanol–water partition coefficient (Wildman–Crippen LogP) is 0.800. The van der Waals surface area contributed by atoms with Crippen LogP contribution in [-0.2, 0) is 14.3 Å². The molecular weight excluding hydrogens is 333 g/mol. The minimum atomic E-state index is -0.409. The largest absolute Gasteiger partial charge is 0.487 e. The highest BCUT2D eigenvalue weighted by Crippen LogP contribution is 2.32. The minimum absolute atomic E-state index is 0. The Labute approximate surface area is 139 Å². The third-order valence-corrected chi connectivity index (χ3v) is 2.70. The van der Waals surface area contributed by atoms with E-state index >= 15 is 0 Å². The number of rotatable bonds is 8. The van der Waals surface area contributed by atoms with Crippen LogP contribution < -0.4 is 21.1 Å². The molecule has 0 saturated heterocycles. The SMILES string of the molecule is COCCOc1c(Cl)cccc1NC(=O)CNC(=O)CN.Cl. The summed E-state index contributed by atoms with van der Waals surface area (Å²) in [6.07, 6.45) is 0. The molecule has 9 heteroatoms. The van der Waals surface area contributed by atoms with E-state index in [0.29, 0.717) is 29.7 Å². The fraction of sp³-hybridized carbons (Fsp3) is 0.385. The van der Waals surface area contributed by atoms with E-state index in [1.165, 1.54) is 0 Å². The van der Waals surface area contributed by atoms with Crippen molar-refractivity contribution in [2.45, 2.75) is 0 Å². The van der Waals surface area contributed by atoms with Gasteiger partial charge in [-0.2, -0.15) is 0 Å². The van der Waals surface area contributed by atoms with Gasteiger partial charge in [0.1, 0.15) is 6.61 Å². The number of methoxy groups -OCH3 is 1. The quantitative estimate of drug-likeness (QED) is 0.601. The van der Waals surface area contributed by atoms with E-state index in [0.717, 1.165) is 0 Å². The highest BCUT2D eigenvalue weighted by molar-refractivity contribution is 6.32. The molecule has 2 amide bonds. The Kier molecular flexibility index (Phi) is 10.3. The summed E-state index contributed by atoms with van der Waals surface area (Å²) in [5, 5.41) is 5.35. The molecule has 0 unspecified atom stereocenters. The first-order valence-electron chi connectivity index (χ1n) is 6.25. The minimum Gasteiger partial charge on any atom is -0.487 e. The number of carbonyl (C=O) groups excluding carboxylic acids is 2. The molecule has 124 valence electrons. The number of halogens is 2. The van der Waals surface area contributed by atoms with Gasteiger partial charge in [0, 0.05) is 7.11 Å². The van der Waals surface area contributed by atoms with Crippen molar-refractivity contribution in [3.05, 3.63) is 23.2 Å². The van der Waals surface area contributed by atoms with E-state index in [9.17, 15) is 9.59 Å². The van der Waals surface area contributed by atoms with Gasteiger partial charge in [-0.1, -0.05) is 17.7 Å². The average molecular weight is 352 g/mol. The Bertz CT molecular complexity index is 500. The number of ether oxygens (including phenoxy) is 2. The van der Waals surface area contributed by atoms with Gasteiger partial charge in [0.15, 0.2) is 5.75 Å². The lowest BCUT2D eigenvalue weighted by Crippen LogP contribution is -2.36. The smallest absolute Gasteiger partial charge is 0.243 e. The van der Waals surface area contributed by atoms with E-state index in [-0.39, 0.29) is 25.5 Å². The maximum Gasteiger partial charge on any atom is 0.243 e. The van der Waals surface area contributed by atoms with Crippen LogP contribution in [0.4, 0.5) is 5.69 Å². The molecule has 1 aromatic rings. The normalized spacial score (nSPS) is 9.59. The van der Waals surface area contributed by atoms with Crippen molar-refractivity contribution in [2.75, 3.05) is 38.7 Å². The van der Waals surface area contributed by atoms with Crippen LogP contribution in [0.25, 0.3) is 0 Å². The topological polar surface area (TPSA) is 103 Å². The number of para-hydroxylation sites is 1. The van der Waals surface area contributed by atoms with Crippen molar-refractivity contribution in [3.63, 3.8) is 0 Å². The third kappa shape index (κ3) is 6.95. The number of nitrogens with two attached hydrogens (primary N) is 1. The van der Waals surface area contributed by atoms with E-state index < -0.39 is 11.8 Å². The van der Waals surface area contributed by atoms with Crippen molar-refractivity contribution in [2.24, 2.45) is 5.73 Å². The Hall–Kier alpha value is -1.54. The Balaban J connectivity index is 0.00000441. The van der Waals surface area contributed by atoms with E-state index in [1.807, 2.05) is 0 Å². The van der Waals surface area contributed by atoms with Gasteiger partial charge in [0.05, 0.1) is 30.4 Å². The molecule has 0 atom stereocenters. The lowest BCUT2D eigenvalue weighted by atomic mass is 10.3. The lowest BCUT2D eigenvalue weighted by Gasteiger charge is -2.14. The molecule has 1 rings (SSSR count). The predicted molar refractivity (Wildman–Crippen MR) is 86.8 cm³/mol. The lowest BCUT2D eigenvalue weighted by molar-refractivity contribution is -0.123. The highest BCUT2D eigenvalue weighted by atomic mass is 35.5. The number of benzene rings is 1. The zero-order chi connectivity index (χ0) is 15.7. The van der Waals surface area contributed by atoms with Crippen molar-refractivity contribution >= 4 is 41.5 Å². The standard InChI is InChI=1S/C13H18ClN3O4.ClH/c1-20-5-6-21-13-9(14)3-2-4-10(13)17-12(19)8-16-11(18)7-15;/h2-4H,5-8,15H2,1H3,(H,16,18)(H,17,19);1H. The average Bonchev–Trinajstić information content (AvgIpc) is 2.47. The second-order valence-corrected chi connectivity index (χ2v) is 4.39. The van der Waals surface area contributed by atoms with E-state index in [4.69, 9.17) is 26.8 Å². The first-order chi connectivity index (χ1) is 10.1. The van der Waals surface area contributed by atoms with E-state index in [2.05, 4.69) is 10.6 Å². The molecule has 0 aromatic heterocycles. The molecule has 1 aromatic carbocycles. The number of hydrogen-bond donors (Lipinski definition) is 3. The van der Waals surface area contributed by atoms with Gasteiger partial charge in [0.2, 0.25) is 11.8 Å². The van der Waals surface area contributed by atoms with Crippen LogP contribution in [-0.4, -0.2) is 45.2 Å². The molecule has 4 N–H and O–H groups in total. The number of anilines is 1. The van der Waals surface area contributed by atoms with Gasteiger partial charge in [0.25, 0.3) is 0 Å². The Morgan fingerprint density at radius 1 is 1.27 bits per heavy atom. The molecule has 0 radical (unpaired) electrons. The van der Waals surface area contributed by atoms with Crippen LogP contribution in [0, 0.1) is 0 Å². The molecule has 0 bridgehead atoms. The summed E-state index contributed by atoms with van der Waals surface area (Å²) in [4.78, 5) is 22.7. The van der Waals surface area contributed by atoms with Gasteiger partial charge in [-0.15, -0.1) is 12.4 Å².